The Morgan fingerprint density at radius 2 is 1.79 bits per heavy atom. The first-order valence-electron chi connectivity index (χ1n) is 6.62. The molecule has 122 valence electrons. The number of nitrogens with zero attached hydrogens (tertiary/aromatic N) is 1. The van der Waals surface area contributed by atoms with Gasteiger partial charge in [0.1, 0.15) is 5.52 Å². The number of halogens is 4. The molecule has 1 N–H and O–H groups in total. The third kappa shape index (κ3) is 3.52. The van der Waals surface area contributed by atoms with Gasteiger partial charge in [-0.15, -0.1) is 0 Å². The number of carbonyl (C=O) groups excluding carboxylic acids is 1. The number of anilines is 1. The van der Waals surface area contributed by atoms with Crippen LogP contribution in [0.5, 0.6) is 5.75 Å². The number of carbonyl (C=O) groups is 1. The normalized spacial score (nSPS) is 10.7. The Balaban J connectivity index is 1.91. The maximum Gasteiger partial charge on any atom is 0.417 e. The van der Waals surface area contributed by atoms with Crippen molar-refractivity contribution >= 4 is 69.1 Å². The van der Waals surface area contributed by atoms with Crippen molar-refractivity contribution in [2.75, 3.05) is 5.32 Å². The van der Waals surface area contributed by atoms with Crippen molar-refractivity contribution in [3.8, 4) is 5.75 Å². The van der Waals surface area contributed by atoms with Crippen LogP contribution in [0.25, 0.3) is 10.9 Å². The summed E-state index contributed by atoms with van der Waals surface area (Å²) < 4.78 is 5.31. The summed E-state index contributed by atoms with van der Waals surface area (Å²) in [6.07, 6.45) is 0.783. The highest BCUT2D eigenvalue weighted by molar-refractivity contribution is 6.40. The number of benzene rings is 2. The van der Waals surface area contributed by atoms with E-state index in [1.165, 1.54) is 12.1 Å². The van der Waals surface area contributed by atoms with E-state index in [9.17, 15) is 4.79 Å². The Morgan fingerprint density at radius 1 is 1.00 bits per heavy atom. The molecular weight excluding hydrogens is 394 g/mol. The number of amides is 1. The van der Waals surface area contributed by atoms with E-state index in [0.717, 1.165) is 0 Å². The highest BCUT2D eigenvalue weighted by Gasteiger charge is 2.16. The zero-order chi connectivity index (χ0) is 17.3. The van der Waals surface area contributed by atoms with Gasteiger partial charge < -0.3 is 4.74 Å². The monoisotopic (exact) mass is 400 g/mol. The predicted octanol–water partition coefficient (Wildman–Crippen LogP) is 6.46. The second-order valence-corrected chi connectivity index (χ2v) is 6.37. The van der Waals surface area contributed by atoms with Gasteiger partial charge >= 0.3 is 6.09 Å². The molecule has 8 heteroatoms. The van der Waals surface area contributed by atoms with Crippen LogP contribution in [0.3, 0.4) is 0 Å². The fourth-order valence-corrected chi connectivity index (χ4v) is 3.07. The summed E-state index contributed by atoms with van der Waals surface area (Å²) >= 11 is 24.1. The lowest BCUT2D eigenvalue weighted by molar-refractivity contribution is 0.215. The SMILES string of the molecule is O=C(Nc1ccc(Cl)cc1Cl)Oc1c(Cl)cc(Cl)c2cccnc12. The third-order valence-electron chi connectivity index (χ3n) is 3.11. The molecule has 0 fully saturated rings. The lowest BCUT2D eigenvalue weighted by atomic mass is 10.2. The molecule has 0 aliphatic carbocycles. The number of hydrogen-bond donors (Lipinski definition) is 1. The molecule has 0 radical (unpaired) electrons. The van der Waals surface area contributed by atoms with Gasteiger partial charge in [0.05, 0.1) is 20.8 Å². The van der Waals surface area contributed by atoms with Crippen LogP contribution in [0, 0.1) is 0 Å². The molecule has 4 nitrogen and oxygen atoms in total. The Hall–Kier alpha value is -1.72. The van der Waals surface area contributed by atoms with Gasteiger partial charge in [-0.05, 0) is 36.4 Å². The van der Waals surface area contributed by atoms with Gasteiger partial charge in [0.2, 0.25) is 0 Å². The fourth-order valence-electron chi connectivity index (χ4n) is 2.06. The first-order valence-corrected chi connectivity index (χ1v) is 8.13. The lowest BCUT2D eigenvalue weighted by Crippen LogP contribution is -2.17. The van der Waals surface area contributed by atoms with Gasteiger partial charge in [-0.2, -0.15) is 0 Å². The van der Waals surface area contributed by atoms with E-state index in [4.69, 9.17) is 51.1 Å². The molecule has 0 unspecified atom stereocenters. The largest absolute Gasteiger partial charge is 0.417 e. The molecule has 0 saturated heterocycles. The van der Waals surface area contributed by atoms with Crippen molar-refractivity contribution in [3.05, 3.63) is 62.7 Å². The number of rotatable bonds is 2. The summed E-state index contributed by atoms with van der Waals surface area (Å²) in [5.74, 6) is 0.110. The number of aromatic nitrogens is 1. The van der Waals surface area contributed by atoms with Crippen LogP contribution in [-0.2, 0) is 0 Å². The summed E-state index contributed by atoms with van der Waals surface area (Å²) in [5.41, 5.74) is 0.737. The molecule has 2 aromatic carbocycles. The number of hydrogen-bond acceptors (Lipinski definition) is 3. The Labute approximate surface area is 157 Å². The van der Waals surface area contributed by atoms with E-state index >= 15 is 0 Å². The van der Waals surface area contributed by atoms with E-state index in [-0.39, 0.29) is 15.8 Å². The van der Waals surface area contributed by atoms with Gasteiger partial charge in [0.15, 0.2) is 5.75 Å². The van der Waals surface area contributed by atoms with Gasteiger partial charge in [0, 0.05) is 16.6 Å². The fraction of sp³-hybridized carbons (Fsp3) is 0. The van der Waals surface area contributed by atoms with Crippen LogP contribution < -0.4 is 10.1 Å². The second kappa shape index (κ2) is 7.03. The van der Waals surface area contributed by atoms with Crippen LogP contribution in [0.2, 0.25) is 20.1 Å². The minimum atomic E-state index is -0.768. The molecule has 0 saturated carbocycles. The van der Waals surface area contributed by atoms with E-state index in [2.05, 4.69) is 10.3 Å². The van der Waals surface area contributed by atoms with Crippen LogP contribution in [0.15, 0.2) is 42.6 Å². The summed E-state index contributed by atoms with van der Waals surface area (Å²) in [4.78, 5) is 16.3. The minimum absolute atomic E-state index is 0.110. The molecular formula is C16H8Cl4N2O2. The van der Waals surface area contributed by atoms with Crippen molar-refractivity contribution in [3.63, 3.8) is 0 Å². The zero-order valence-electron chi connectivity index (χ0n) is 11.8. The van der Waals surface area contributed by atoms with Crippen molar-refractivity contribution in [2.24, 2.45) is 0 Å². The van der Waals surface area contributed by atoms with Crippen molar-refractivity contribution in [1.29, 1.82) is 0 Å². The highest BCUT2D eigenvalue weighted by Crippen LogP contribution is 2.37. The third-order valence-corrected chi connectivity index (χ3v) is 4.25. The van der Waals surface area contributed by atoms with Crippen LogP contribution in [0.4, 0.5) is 10.5 Å². The van der Waals surface area contributed by atoms with E-state index in [1.807, 2.05) is 0 Å². The number of pyridine rings is 1. The molecule has 1 aromatic heterocycles. The molecule has 3 rings (SSSR count). The maximum atomic E-state index is 12.2. The van der Waals surface area contributed by atoms with Gasteiger partial charge in [-0.3, -0.25) is 10.3 Å². The zero-order valence-corrected chi connectivity index (χ0v) is 14.8. The Bertz CT molecular complexity index is 947. The van der Waals surface area contributed by atoms with Crippen molar-refractivity contribution in [2.45, 2.75) is 0 Å². The van der Waals surface area contributed by atoms with Gasteiger partial charge in [-0.1, -0.05) is 46.4 Å². The smallest absolute Gasteiger partial charge is 0.406 e. The number of ether oxygens (including phenoxy) is 1. The maximum absolute atomic E-state index is 12.2. The van der Waals surface area contributed by atoms with E-state index < -0.39 is 6.09 Å². The molecule has 24 heavy (non-hydrogen) atoms. The van der Waals surface area contributed by atoms with Crippen LogP contribution in [0.1, 0.15) is 0 Å². The van der Waals surface area contributed by atoms with Gasteiger partial charge in [-0.25, -0.2) is 4.79 Å². The van der Waals surface area contributed by atoms with Crippen LogP contribution >= 0.6 is 46.4 Å². The first kappa shape index (κ1) is 17.1. The number of fused-ring (bicyclic) bond motifs is 1. The Kier molecular flexibility index (Phi) is 5.01. The summed E-state index contributed by atoms with van der Waals surface area (Å²) in [6, 6.07) is 9.62. The number of nitrogens with one attached hydrogen (secondary N) is 1. The molecule has 1 heterocycles. The topological polar surface area (TPSA) is 51.2 Å². The minimum Gasteiger partial charge on any atom is -0.406 e. The quantitative estimate of drug-likeness (QED) is 0.536. The summed E-state index contributed by atoms with van der Waals surface area (Å²) in [5, 5.41) is 4.46. The molecule has 0 aliphatic rings. The van der Waals surface area contributed by atoms with Crippen LogP contribution in [-0.4, -0.2) is 11.1 Å². The molecule has 3 aromatic rings. The Morgan fingerprint density at radius 3 is 2.54 bits per heavy atom. The molecule has 0 spiro atoms. The van der Waals surface area contributed by atoms with E-state index in [0.29, 0.717) is 26.6 Å². The van der Waals surface area contributed by atoms with Gasteiger partial charge in [0.25, 0.3) is 0 Å². The standard InChI is InChI=1S/C16H8Cl4N2O2/c17-8-3-4-13(11(19)6-8)22-16(23)24-15-12(20)7-10(18)9-2-1-5-21-14(9)15/h1-7H,(H,22,23). The highest BCUT2D eigenvalue weighted by atomic mass is 35.5. The van der Waals surface area contributed by atoms with Crippen molar-refractivity contribution in [1.82, 2.24) is 4.98 Å². The first-order chi connectivity index (χ1) is 11.5. The average molecular weight is 402 g/mol. The predicted molar refractivity (Wildman–Crippen MR) is 97.9 cm³/mol. The molecule has 1 amide bonds. The summed E-state index contributed by atoms with van der Waals surface area (Å²) in [6.45, 7) is 0. The molecule has 0 aliphatic heterocycles. The average Bonchev–Trinajstić information content (AvgIpc) is 2.54. The van der Waals surface area contributed by atoms with Crippen molar-refractivity contribution < 1.29 is 9.53 Å². The second-order valence-electron chi connectivity index (χ2n) is 4.71. The van der Waals surface area contributed by atoms with E-state index in [1.54, 1.807) is 30.5 Å². The summed E-state index contributed by atoms with van der Waals surface area (Å²) in [7, 11) is 0. The molecule has 0 atom stereocenters. The molecule has 0 bridgehead atoms. The lowest BCUT2D eigenvalue weighted by Gasteiger charge is -2.12.